The van der Waals surface area contributed by atoms with E-state index in [1.165, 1.54) is 0 Å². The molecule has 0 aromatic heterocycles. The third-order valence-electron chi connectivity index (χ3n) is 5.66. The predicted octanol–water partition coefficient (Wildman–Crippen LogP) is -0.807. The number of carbonyl (C=O) groups excluding carboxylic acids is 2. The standard InChI is InChI=1S/C21H44N4O8S2/c1-24(2,13-5-7-17-34(28,29)30)15-9-11-22-20(26)19-21(27)23-12-10-16-25(3,4)14-6-8-18-35(31,32)33/h5-19H2,1-4H3,(H2-2,22,23,26,27,28,29,30,31,32,33). The molecule has 0 bridgehead atoms. The van der Waals surface area contributed by atoms with Crippen molar-refractivity contribution in [2.24, 2.45) is 0 Å². The van der Waals surface area contributed by atoms with E-state index in [-0.39, 0.29) is 29.7 Å². The first kappa shape index (κ1) is 33.7. The molecule has 14 heteroatoms. The fraction of sp³-hybridized carbons (Fsp3) is 0.905. The third kappa shape index (κ3) is 22.9. The van der Waals surface area contributed by atoms with Gasteiger partial charge in [0.25, 0.3) is 0 Å². The Bertz CT molecular complexity index is 789. The highest BCUT2D eigenvalue weighted by Crippen LogP contribution is 2.05. The second kappa shape index (κ2) is 15.7. The number of nitrogens with zero attached hydrogens (tertiary/aromatic N) is 2. The zero-order chi connectivity index (χ0) is 27.2. The van der Waals surface area contributed by atoms with Crippen LogP contribution in [-0.2, 0) is 29.8 Å². The molecule has 0 heterocycles. The second-order valence-electron chi connectivity index (χ2n) is 10.3. The molecule has 2 amide bonds. The van der Waals surface area contributed by atoms with Crippen LogP contribution in [0.2, 0.25) is 0 Å². The van der Waals surface area contributed by atoms with Crippen LogP contribution >= 0.6 is 0 Å². The molecule has 35 heavy (non-hydrogen) atoms. The molecule has 0 aliphatic carbocycles. The highest BCUT2D eigenvalue weighted by Gasteiger charge is 2.16. The molecule has 0 spiro atoms. The van der Waals surface area contributed by atoms with Crippen LogP contribution in [0.1, 0.15) is 44.9 Å². The Balaban J connectivity index is 3.92. The van der Waals surface area contributed by atoms with Gasteiger partial charge in [0.1, 0.15) is 6.42 Å². The van der Waals surface area contributed by atoms with E-state index in [0.29, 0.717) is 60.6 Å². The molecular formula is C21H44N4O8S2. The van der Waals surface area contributed by atoms with Gasteiger partial charge in [0.15, 0.2) is 0 Å². The molecule has 0 aliphatic heterocycles. The van der Waals surface area contributed by atoms with Crippen molar-refractivity contribution >= 4 is 32.1 Å². The van der Waals surface area contributed by atoms with Gasteiger partial charge < -0.3 is 28.7 Å². The van der Waals surface area contributed by atoms with Crippen LogP contribution in [0, 0.1) is 0 Å². The van der Waals surface area contributed by atoms with Crippen LogP contribution in [0.25, 0.3) is 0 Å². The average Bonchev–Trinajstić information content (AvgIpc) is 2.68. The Hall–Kier alpha value is -1.32. The van der Waals surface area contributed by atoms with E-state index in [0.717, 1.165) is 26.2 Å². The minimum absolute atomic E-state index is 0.246. The molecule has 0 aromatic carbocycles. The van der Waals surface area contributed by atoms with Crippen LogP contribution in [0.15, 0.2) is 0 Å². The number of nitrogens with one attached hydrogen (secondary N) is 2. The lowest BCUT2D eigenvalue weighted by molar-refractivity contribution is -0.890. The van der Waals surface area contributed by atoms with Crippen LogP contribution < -0.4 is 10.6 Å². The highest BCUT2D eigenvalue weighted by molar-refractivity contribution is 7.85. The van der Waals surface area contributed by atoms with E-state index in [1.54, 1.807) is 0 Å². The van der Waals surface area contributed by atoms with E-state index in [1.807, 2.05) is 28.2 Å². The van der Waals surface area contributed by atoms with Crippen molar-refractivity contribution in [1.29, 1.82) is 0 Å². The molecule has 0 aliphatic rings. The van der Waals surface area contributed by atoms with Crippen molar-refractivity contribution < 1.29 is 44.5 Å². The van der Waals surface area contributed by atoms with Crippen LogP contribution in [-0.4, -0.2) is 126 Å². The van der Waals surface area contributed by atoms with Crippen molar-refractivity contribution in [2.75, 3.05) is 79.0 Å². The first-order valence-electron chi connectivity index (χ1n) is 12.0. The molecule has 0 radical (unpaired) electrons. The maximum absolute atomic E-state index is 12.0. The van der Waals surface area contributed by atoms with E-state index in [9.17, 15) is 35.5 Å². The molecule has 208 valence electrons. The number of carbonyl (C=O) groups is 2. The number of unbranched alkanes of at least 4 members (excludes halogenated alkanes) is 2. The van der Waals surface area contributed by atoms with Gasteiger partial charge in [-0.1, -0.05) is 0 Å². The summed E-state index contributed by atoms with van der Waals surface area (Å²) in [7, 11) is -0.345. The quantitative estimate of drug-likeness (QED) is 0.0867. The van der Waals surface area contributed by atoms with Crippen molar-refractivity contribution in [1.82, 2.24) is 10.6 Å². The molecular weight excluding hydrogens is 500 g/mol. The summed E-state index contributed by atoms with van der Waals surface area (Å²) in [6, 6.07) is 0. The minimum Gasteiger partial charge on any atom is -0.748 e. The number of hydrogen-bond donors (Lipinski definition) is 2. The van der Waals surface area contributed by atoms with E-state index in [4.69, 9.17) is 0 Å². The Labute approximate surface area is 211 Å². The van der Waals surface area contributed by atoms with Gasteiger partial charge in [-0.25, -0.2) is 16.8 Å². The maximum atomic E-state index is 12.0. The minimum atomic E-state index is -4.17. The zero-order valence-electron chi connectivity index (χ0n) is 21.6. The number of hydrogen-bond acceptors (Lipinski definition) is 8. The summed E-state index contributed by atoms with van der Waals surface area (Å²) in [5, 5.41) is 5.46. The lowest BCUT2D eigenvalue weighted by Crippen LogP contribution is -2.43. The predicted molar refractivity (Wildman–Crippen MR) is 131 cm³/mol. The number of amides is 2. The first-order valence-corrected chi connectivity index (χ1v) is 15.1. The first-order chi connectivity index (χ1) is 15.9. The summed E-state index contributed by atoms with van der Waals surface area (Å²) in [5.41, 5.74) is 0. The number of rotatable bonds is 20. The summed E-state index contributed by atoms with van der Waals surface area (Å²) in [4.78, 5) is 23.9. The van der Waals surface area contributed by atoms with E-state index in [2.05, 4.69) is 10.6 Å². The zero-order valence-corrected chi connectivity index (χ0v) is 23.2. The topological polar surface area (TPSA) is 173 Å². The third-order valence-corrected chi connectivity index (χ3v) is 7.24. The smallest absolute Gasteiger partial charge is 0.229 e. The fourth-order valence-corrected chi connectivity index (χ4v) is 4.72. The lowest BCUT2D eigenvalue weighted by atomic mass is 10.2. The summed E-state index contributed by atoms with van der Waals surface area (Å²) in [6.07, 6.45) is 3.09. The molecule has 0 fully saturated rings. The van der Waals surface area contributed by atoms with Crippen molar-refractivity contribution in [3.8, 4) is 0 Å². The number of quaternary nitrogens is 2. The van der Waals surface area contributed by atoms with E-state index >= 15 is 0 Å². The highest BCUT2D eigenvalue weighted by atomic mass is 32.2. The molecule has 0 saturated heterocycles. The molecule has 2 N–H and O–H groups in total. The Morgan fingerprint density at radius 3 is 1.23 bits per heavy atom. The van der Waals surface area contributed by atoms with E-state index < -0.39 is 20.2 Å². The van der Waals surface area contributed by atoms with Crippen molar-refractivity contribution in [2.45, 2.75) is 44.9 Å². The van der Waals surface area contributed by atoms with Gasteiger partial charge in [0, 0.05) is 37.4 Å². The molecule has 0 unspecified atom stereocenters. The average molecular weight is 545 g/mol. The SMILES string of the molecule is C[N+](C)(CCCCS(=O)(=O)[O-])CCCNC(=O)CC(=O)NCCC[N+](C)(C)CCCCS(=O)(=O)[O-]. The molecule has 0 aromatic rings. The van der Waals surface area contributed by atoms with Gasteiger partial charge >= 0.3 is 0 Å². The van der Waals surface area contributed by atoms with Crippen LogP contribution in [0.5, 0.6) is 0 Å². The van der Waals surface area contributed by atoms with Gasteiger partial charge in [-0.05, 0) is 25.7 Å². The molecule has 12 nitrogen and oxygen atoms in total. The Morgan fingerprint density at radius 1 is 0.600 bits per heavy atom. The van der Waals surface area contributed by atoms with Crippen molar-refractivity contribution in [3.05, 3.63) is 0 Å². The molecule has 0 saturated carbocycles. The Kier molecular flexibility index (Phi) is 15.1. The van der Waals surface area contributed by atoms with Gasteiger partial charge in [0.2, 0.25) is 11.8 Å². The lowest BCUT2D eigenvalue weighted by Gasteiger charge is -2.30. The summed E-state index contributed by atoms with van der Waals surface area (Å²) < 4.78 is 65.1. The van der Waals surface area contributed by atoms with Gasteiger partial charge in [-0.15, -0.1) is 0 Å². The fourth-order valence-electron chi connectivity index (χ4n) is 3.60. The molecule has 0 rings (SSSR count). The van der Waals surface area contributed by atoms with Gasteiger partial charge in [0.05, 0.1) is 74.6 Å². The van der Waals surface area contributed by atoms with Crippen LogP contribution in [0.4, 0.5) is 0 Å². The maximum Gasteiger partial charge on any atom is 0.229 e. The Morgan fingerprint density at radius 2 is 0.914 bits per heavy atom. The van der Waals surface area contributed by atoms with Crippen LogP contribution in [0.3, 0.4) is 0 Å². The summed E-state index contributed by atoms with van der Waals surface area (Å²) >= 11 is 0. The summed E-state index contributed by atoms with van der Waals surface area (Å²) in [5.74, 6) is -1.39. The second-order valence-corrected chi connectivity index (χ2v) is 13.3. The monoisotopic (exact) mass is 544 g/mol. The van der Waals surface area contributed by atoms with Gasteiger partial charge in [-0.3, -0.25) is 9.59 Å². The van der Waals surface area contributed by atoms with Crippen molar-refractivity contribution in [3.63, 3.8) is 0 Å². The van der Waals surface area contributed by atoms with Gasteiger partial charge in [-0.2, -0.15) is 0 Å². The molecule has 0 atom stereocenters. The normalized spacial score (nSPS) is 13.0. The summed E-state index contributed by atoms with van der Waals surface area (Å²) in [6.45, 7) is 3.84. The largest absolute Gasteiger partial charge is 0.748 e.